The number of aliphatic hydroxyl groups is 1. The van der Waals surface area contributed by atoms with Crippen LogP contribution in [0.25, 0.3) is 20.7 Å². The quantitative estimate of drug-likeness (QED) is 0.523. The van der Waals surface area contributed by atoms with Gasteiger partial charge in [-0.3, -0.25) is 4.68 Å². The molecule has 0 radical (unpaired) electrons. The molecule has 0 amide bonds. The molecule has 5 rings (SSSR count). The van der Waals surface area contributed by atoms with E-state index in [9.17, 15) is 9.50 Å². The van der Waals surface area contributed by atoms with E-state index in [0.717, 1.165) is 39.2 Å². The molecule has 9 heteroatoms. The zero-order valence-electron chi connectivity index (χ0n) is 14.6. The monoisotopic (exact) mass is 415 g/mol. The standard InChI is InChI=1S/C19H15ClFN5OS/c20-13-7-10(1-3-14(13)21)25-18-16-11-2-4-15-12(8-24-26(15)5-6-27)17(11)28-19(16)23-9-22-18/h1,3,7-9,27H,2,4-6H2,(H,22,23,25). The molecule has 3 heterocycles. The molecule has 6 nitrogen and oxygen atoms in total. The Labute approximate surface area is 168 Å². The maximum atomic E-state index is 13.5. The minimum absolute atomic E-state index is 0.0589. The lowest BCUT2D eigenvalue weighted by Crippen LogP contribution is -2.11. The first-order chi connectivity index (χ1) is 13.7. The molecule has 1 aliphatic rings. The Morgan fingerprint density at radius 3 is 3.00 bits per heavy atom. The van der Waals surface area contributed by atoms with Crippen molar-refractivity contribution in [2.75, 3.05) is 11.9 Å². The van der Waals surface area contributed by atoms with Crippen LogP contribution in [0, 0.1) is 5.82 Å². The van der Waals surface area contributed by atoms with Crippen LogP contribution in [0.15, 0.2) is 30.7 Å². The van der Waals surface area contributed by atoms with Crippen molar-refractivity contribution in [3.63, 3.8) is 0 Å². The van der Waals surface area contributed by atoms with Gasteiger partial charge in [0.25, 0.3) is 0 Å². The van der Waals surface area contributed by atoms with Gasteiger partial charge in [0.05, 0.1) is 29.8 Å². The number of thiophene rings is 1. The average molecular weight is 416 g/mol. The van der Waals surface area contributed by atoms with Gasteiger partial charge in [0, 0.05) is 21.8 Å². The van der Waals surface area contributed by atoms with E-state index in [-0.39, 0.29) is 11.6 Å². The number of hydrogen-bond donors (Lipinski definition) is 2. The number of aromatic nitrogens is 4. The Morgan fingerprint density at radius 1 is 1.29 bits per heavy atom. The summed E-state index contributed by atoms with van der Waals surface area (Å²) in [5.74, 6) is 0.219. The Hall–Kier alpha value is -2.55. The Bertz CT molecular complexity index is 1200. The molecular weight excluding hydrogens is 401 g/mol. The number of nitrogens with zero attached hydrogens (tertiary/aromatic N) is 4. The summed E-state index contributed by atoms with van der Waals surface area (Å²) in [6.45, 7) is 0.556. The van der Waals surface area contributed by atoms with Crippen molar-refractivity contribution in [1.29, 1.82) is 0 Å². The van der Waals surface area contributed by atoms with Crippen molar-refractivity contribution >= 4 is 44.7 Å². The van der Waals surface area contributed by atoms with Gasteiger partial charge in [-0.2, -0.15) is 5.10 Å². The lowest BCUT2D eigenvalue weighted by molar-refractivity contribution is 0.267. The number of aliphatic hydroxyl groups excluding tert-OH is 1. The molecule has 28 heavy (non-hydrogen) atoms. The predicted molar refractivity (Wildman–Crippen MR) is 108 cm³/mol. The zero-order chi connectivity index (χ0) is 19.3. The Kier molecular flexibility index (Phi) is 4.26. The second-order valence-corrected chi connectivity index (χ2v) is 7.92. The van der Waals surface area contributed by atoms with Crippen LogP contribution in [0.2, 0.25) is 5.02 Å². The van der Waals surface area contributed by atoms with E-state index in [0.29, 0.717) is 18.1 Å². The van der Waals surface area contributed by atoms with Gasteiger partial charge in [0.15, 0.2) is 0 Å². The molecule has 0 fully saturated rings. The number of anilines is 2. The zero-order valence-corrected chi connectivity index (χ0v) is 16.2. The average Bonchev–Trinajstić information content (AvgIpc) is 3.27. The largest absolute Gasteiger partial charge is 0.394 e. The molecule has 2 N–H and O–H groups in total. The highest BCUT2D eigenvalue weighted by Gasteiger charge is 2.26. The lowest BCUT2D eigenvalue weighted by Gasteiger charge is -2.15. The number of nitrogens with one attached hydrogen (secondary N) is 1. The van der Waals surface area contributed by atoms with Gasteiger partial charge in [-0.05, 0) is 36.6 Å². The molecular formula is C19H15ClFN5OS. The van der Waals surface area contributed by atoms with E-state index < -0.39 is 5.82 Å². The third kappa shape index (κ3) is 2.76. The molecule has 0 saturated heterocycles. The molecule has 0 saturated carbocycles. The van der Waals surface area contributed by atoms with Crippen molar-refractivity contribution in [3.8, 4) is 10.4 Å². The van der Waals surface area contributed by atoms with Gasteiger partial charge < -0.3 is 10.4 Å². The van der Waals surface area contributed by atoms with Crippen molar-refractivity contribution in [1.82, 2.24) is 19.7 Å². The number of aryl methyl sites for hydroxylation is 1. The molecule has 4 aromatic rings. The Balaban J connectivity index is 1.61. The van der Waals surface area contributed by atoms with E-state index in [1.54, 1.807) is 23.5 Å². The maximum Gasteiger partial charge on any atom is 0.142 e. The molecule has 3 aromatic heterocycles. The van der Waals surface area contributed by atoms with Crippen molar-refractivity contribution in [3.05, 3.63) is 52.8 Å². The minimum Gasteiger partial charge on any atom is -0.394 e. The summed E-state index contributed by atoms with van der Waals surface area (Å²) in [4.78, 5) is 10.9. The number of hydrogen-bond acceptors (Lipinski definition) is 6. The molecule has 0 unspecified atom stereocenters. The third-order valence-electron chi connectivity index (χ3n) is 4.89. The normalized spacial score (nSPS) is 12.8. The van der Waals surface area contributed by atoms with Gasteiger partial charge in [0.1, 0.15) is 22.8 Å². The fourth-order valence-corrected chi connectivity index (χ4v) is 5.05. The molecule has 0 spiro atoms. The summed E-state index contributed by atoms with van der Waals surface area (Å²) >= 11 is 7.52. The van der Waals surface area contributed by atoms with Crippen LogP contribution in [0.4, 0.5) is 15.9 Å². The van der Waals surface area contributed by atoms with Gasteiger partial charge in [-0.25, -0.2) is 14.4 Å². The van der Waals surface area contributed by atoms with Crippen molar-refractivity contribution < 1.29 is 9.50 Å². The highest BCUT2D eigenvalue weighted by atomic mass is 35.5. The molecule has 142 valence electrons. The van der Waals surface area contributed by atoms with Gasteiger partial charge in [-0.15, -0.1) is 11.3 Å². The van der Waals surface area contributed by atoms with E-state index >= 15 is 0 Å². The maximum absolute atomic E-state index is 13.5. The Morgan fingerprint density at radius 2 is 2.18 bits per heavy atom. The smallest absolute Gasteiger partial charge is 0.142 e. The molecule has 0 atom stereocenters. The van der Waals surface area contributed by atoms with Crippen LogP contribution in [-0.2, 0) is 19.4 Å². The van der Waals surface area contributed by atoms with Gasteiger partial charge >= 0.3 is 0 Å². The first kappa shape index (κ1) is 17.5. The number of halogens is 2. The van der Waals surface area contributed by atoms with E-state index in [4.69, 9.17) is 11.6 Å². The van der Waals surface area contributed by atoms with Crippen LogP contribution < -0.4 is 5.32 Å². The molecule has 0 bridgehead atoms. The molecule has 1 aliphatic carbocycles. The first-order valence-corrected chi connectivity index (χ1v) is 9.99. The highest BCUT2D eigenvalue weighted by molar-refractivity contribution is 7.22. The number of fused-ring (bicyclic) bond motifs is 5. The van der Waals surface area contributed by atoms with Crippen molar-refractivity contribution in [2.24, 2.45) is 0 Å². The van der Waals surface area contributed by atoms with Crippen LogP contribution in [-0.4, -0.2) is 31.5 Å². The van der Waals surface area contributed by atoms with Crippen LogP contribution in [0.1, 0.15) is 11.3 Å². The molecule has 1 aromatic carbocycles. The third-order valence-corrected chi connectivity index (χ3v) is 6.35. The van der Waals surface area contributed by atoms with E-state index in [1.807, 2.05) is 10.9 Å². The summed E-state index contributed by atoms with van der Waals surface area (Å²) in [6, 6.07) is 4.50. The van der Waals surface area contributed by atoms with E-state index in [1.165, 1.54) is 18.0 Å². The van der Waals surface area contributed by atoms with Crippen LogP contribution in [0.5, 0.6) is 0 Å². The second-order valence-electron chi connectivity index (χ2n) is 6.52. The SMILES string of the molecule is OCCn1ncc2c1CCc1c-2sc2ncnc(Nc3ccc(F)c(Cl)c3)c12. The number of benzene rings is 1. The topological polar surface area (TPSA) is 75.9 Å². The fraction of sp³-hybridized carbons (Fsp3) is 0.211. The summed E-state index contributed by atoms with van der Waals surface area (Å²) in [5, 5.41) is 18.0. The summed E-state index contributed by atoms with van der Waals surface area (Å²) in [7, 11) is 0. The molecule has 0 aliphatic heterocycles. The van der Waals surface area contributed by atoms with E-state index in [2.05, 4.69) is 20.4 Å². The number of rotatable bonds is 4. The van der Waals surface area contributed by atoms with Gasteiger partial charge in [0.2, 0.25) is 0 Å². The van der Waals surface area contributed by atoms with Crippen LogP contribution >= 0.6 is 22.9 Å². The summed E-state index contributed by atoms with van der Waals surface area (Å²) < 4.78 is 15.3. The lowest BCUT2D eigenvalue weighted by atomic mass is 9.95. The highest BCUT2D eigenvalue weighted by Crippen LogP contribution is 2.45. The minimum atomic E-state index is -0.458. The fourth-order valence-electron chi connectivity index (χ4n) is 3.65. The van der Waals surface area contributed by atoms with Crippen molar-refractivity contribution in [2.45, 2.75) is 19.4 Å². The first-order valence-electron chi connectivity index (χ1n) is 8.80. The van der Waals surface area contributed by atoms with Gasteiger partial charge in [-0.1, -0.05) is 11.6 Å². The summed E-state index contributed by atoms with van der Waals surface area (Å²) in [6.07, 6.45) is 5.06. The second kappa shape index (κ2) is 6.80. The van der Waals surface area contributed by atoms with Crippen LogP contribution in [0.3, 0.4) is 0 Å². The predicted octanol–water partition coefficient (Wildman–Crippen LogP) is 4.18. The summed E-state index contributed by atoms with van der Waals surface area (Å²) in [5.41, 5.74) is 4.08.